The van der Waals surface area contributed by atoms with Crippen LogP contribution in [0.2, 0.25) is 0 Å². The molecule has 0 spiro atoms. The number of anilines is 1. The summed E-state index contributed by atoms with van der Waals surface area (Å²) in [5.41, 5.74) is 0.826. The molecule has 2 heterocycles. The summed E-state index contributed by atoms with van der Waals surface area (Å²) in [6, 6.07) is 8.50. The van der Waals surface area contributed by atoms with Crippen molar-refractivity contribution >= 4 is 28.3 Å². The van der Waals surface area contributed by atoms with Gasteiger partial charge in [-0.15, -0.1) is 0 Å². The first-order chi connectivity index (χ1) is 11.5. The molecule has 1 N–H and O–H groups in total. The first-order valence-electron chi connectivity index (χ1n) is 8.07. The number of carbonyl (C=O) groups is 1. The molecule has 126 valence electrons. The van der Waals surface area contributed by atoms with Gasteiger partial charge in [-0.1, -0.05) is 0 Å². The van der Waals surface area contributed by atoms with Crippen LogP contribution in [0.1, 0.15) is 19.8 Å². The normalized spacial score (nSPS) is 17.7. The Hall–Kier alpha value is -2.70. The van der Waals surface area contributed by atoms with Crippen LogP contribution in [0.15, 0.2) is 30.3 Å². The smallest absolute Gasteiger partial charge is 0.270 e. The summed E-state index contributed by atoms with van der Waals surface area (Å²) in [6.45, 7) is 4.00. The van der Waals surface area contributed by atoms with Gasteiger partial charge in [-0.2, -0.15) is 0 Å². The van der Waals surface area contributed by atoms with Crippen molar-refractivity contribution in [1.82, 2.24) is 10.3 Å². The van der Waals surface area contributed by atoms with Crippen LogP contribution in [0, 0.1) is 16.0 Å². The molecule has 0 radical (unpaired) electrons. The number of piperidine rings is 1. The Morgan fingerprint density at radius 2 is 2.25 bits per heavy atom. The van der Waals surface area contributed by atoms with E-state index in [0.29, 0.717) is 12.5 Å². The summed E-state index contributed by atoms with van der Waals surface area (Å²) < 4.78 is 0. The molecular formula is C17H20N4O3. The van der Waals surface area contributed by atoms with E-state index in [1.165, 1.54) is 13.0 Å². The monoisotopic (exact) mass is 328 g/mol. The second kappa shape index (κ2) is 6.82. The Morgan fingerprint density at radius 1 is 1.42 bits per heavy atom. The Morgan fingerprint density at radius 3 is 3.00 bits per heavy atom. The number of aromatic nitrogens is 1. The van der Waals surface area contributed by atoms with Crippen molar-refractivity contribution < 1.29 is 9.72 Å². The summed E-state index contributed by atoms with van der Waals surface area (Å²) in [4.78, 5) is 28.4. The number of non-ortho nitro benzene ring substituents is 1. The van der Waals surface area contributed by atoms with Gasteiger partial charge in [0.1, 0.15) is 5.82 Å². The maximum atomic E-state index is 11.1. The number of pyridine rings is 1. The predicted molar refractivity (Wildman–Crippen MR) is 92.0 cm³/mol. The van der Waals surface area contributed by atoms with Gasteiger partial charge >= 0.3 is 0 Å². The molecule has 1 unspecified atom stereocenters. The number of hydrogen-bond donors (Lipinski definition) is 1. The van der Waals surface area contributed by atoms with Crippen LogP contribution in [0.3, 0.4) is 0 Å². The fourth-order valence-corrected chi connectivity index (χ4v) is 3.12. The summed E-state index contributed by atoms with van der Waals surface area (Å²) >= 11 is 0. The van der Waals surface area contributed by atoms with Gasteiger partial charge in [0.05, 0.1) is 10.4 Å². The zero-order chi connectivity index (χ0) is 17.1. The molecule has 1 amide bonds. The molecule has 1 aliphatic rings. The number of amides is 1. The summed E-state index contributed by atoms with van der Waals surface area (Å²) in [7, 11) is 0. The number of nitro benzene ring substituents is 1. The van der Waals surface area contributed by atoms with Crippen molar-refractivity contribution in [2.75, 3.05) is 24.5 Å². The predicted octanol–water partition coefficient (Wildman–Crippen LogP) is 2.50. The van der Waals surface area contributed by atoms with Crippen LogP contribution >= 0.6 is 0 Å². The molecule has 1 aromatic carbocycles. The van der Waals surface area contributed by atoms with Crippen LogP contribution in [0.25, 0.3) is 10.9 Å². The number of rotatable bonds is 4. The second-order valence-corrected chi connectivity index (χ2v) is 6.19. The van der Waals surface area contributed by atoms with E-state index in [4.69, 9.17) is 0 Å². The van der Waals surface area contributed by atoms with E-state index in [1.54, 1.807) is 12.1 Å². The molecule has 1 atom stereocenters. The molecule has 3 rings (SSSR count). The highest BCUT2D eigenvalue weighted by atomic mass is 16.6. The van der Waals surface area contributed by atoms with E-state index in [0.717, 1.165) is 42.7 Å². The number of fused-ring (bicyclic) bond motifs is 1. The van der Waals surface area contributed by atoms with Crippen LogP contribution in [-0.4, -0.2) is 35.4 Å². The molecule has 0 aliphatic carbocycles. The number of benzene rings is 1. The molecule has 7 heteroatoms. The number of nitro groups is 1. The standard InChI is InChI=1S/C17H20N4O3/c1-12(22)18-10-13-3-2-8-20(11-13)17-7-4-14-9-15(21(23)24)5-6-16(14)19-17/h4-7,9,13H,2-3,8,10-11H2,1H3,(H,18,22). The number of hydrogen-bond acceptors (Lipinski definition) is 5. The molecule has 1 aliphatic heterocycles. The fraction of sp³-hybridized carbons (Fsp3) is 0.412. The molecule has 7 nitrogen and oxygen atoms in total. The van der Waals surface area contributed by atoms with Crippen molar-refractivity contribution in [3.05, 3.63) is 40.4 Å². The van der Waals surface area contributed by atoms with E-state index in [9.17, 15) is 14.9 Å². The van der Waals surface area contributed by atoms with Gasteiger partial charge in [-0.3, -0.25) is 14.9 Å². The average Bonchev–Trinajstić information content (AvgIpc) is 2.59. The van der Waals surface area contributed by atoms with Gasteiger partial charge in [0.2, 0.25) is 5.91 Å². The van der Waals surface area contributed by atoms with E-state index >= 15 is 0 Å². The zero-order valence-electron chi connectivity index (χ0n) is 13.6. The molecule has 1 saturated heterocycles. The third kappa shape index (κ3) is 3.61. The topological polar surface area (TPSA) is 88.4 Å². The van der Waals surface area contributed by atoms with Crippen molar-refractivity contribution in [3.8, 4) is 0 Å². The fourth-order valence-electron chi connectivity index (χ4n) is 3.12. The second-order valence-electron chi connectivity index (χ2n) is 6.19. The van der Waals surface area contributed by atoms with E-state index in [1.807, 2.05) is 12.1 Å². The van der Waals surface area contributed by atoms with Gasteiger partial charge in [0.15, 0.2) is 0 Å². The van der Waals surface area contributed by atoms with Crippen molar-refractivity contribution in [2.45, 2.75) is 19.8 Å². The SMILES string of the molecule is CC(=O)NCC1CCCN(c2ccc3cc([N+](=O)[O-])ccc3n2)C1. The van der Waals surface area contributed by atoms with E-state index < -0.39 is 4.92 Å². The van der Waals surface area contributed by atoms with Gasteiger partial charge < -0.3 is 10.2 Å². The summed E-state index contributed by atoms with van der Waals surface area (Å²) in [5, 5.41) is 14.5. The van der Waals surface area contributed by atoms with Crippen LogP contribution in [0.4, 0.5) is 11.5 Å². The number of carbonyl (C=O) groups excluding carboxylic acids is 1. The van der Waals surface area contributed by atoms with Gasteiger partial charge in [-0.25, -0.2) is 4.98 Å². The summed E-state index contributed by atoms with van der Waals surface area (Å²) in [5.74, 6) is 1.29. The van der Waals surface area contributed by atoms with Crippen LogP contribution in [-0.2, 0) is 4.79 Å². The lowest BCUT2D eigenvalue weighted by molar-refractivity contribution is -0.384. The van der Waals surface area contributed by atoms with Gasteiger partial charge in [0, 0.05) is 44.1 Å². The third-order valence-corrected chi connectivity index (χ3v) is 4.35. The first kappa shape index (κ1) is 16.2. The minimum atomic E-state index is -0.398. The van der Waals surface area contributed by atoms with E-state index in [-0.39, 0.29) is 11.6 Å². The van der Waals surface area contributed by atoms with Crippen LogP contribution < -0.4 is 10.2 Å². The number of nitrogens with one attached hydrogen (secondary N) is 1. The minimum Gasteiger partial charge on any atom is -0.356 e. The maximum absolute atomic E-state index is 11.1. The van der Waals surface area contributed by atoms with Crippen LogP contribution in [0.5, 0.6) is 0 Å². The molecule has 2 aromatic rings. The lowest BCUT2D eigenvalue weighted by Gasteiger charge is -2.33. The Labute approximate surface area is 139 Å². The number of nitrogens with zero attached hydrogens (tertiary/aromatic N) is 3. The lowest BCUT2D eigenvalue weighted by atomic mass is 9.98. The van der Waals surface area contributed by atoms with E-state index in [2.05, 4.69) is 15.2 Å². The largest absolute Gasteiger partial charge is 0.356 e. The lowest BCUT2D eigenvalue weighted by Crippen LogP contribution is -2.40. The minimum absolute atomic E-state index is 0.00227. The Bertz CT molecular complexity index is 778. The first-order valence-corrected chi connectivity index (χ1v) is 8.07. The molecule has 0 saturated carbocycles. The van der Waals surface area contributed by atoms with Gasteiger partial charge in [0.25, 0.3) is 5.69 Å². The molecular weight excluding hydrogens is 308 g/mol. The average molecular weight is 328 g/mol. The molecule has 1 aromatic heterocycles. The van der Waals surface area contributed by atoms with Crippen molar-refractivity contribution in [3.63, 3.8) is 0 Å². The third-order valence-electron chi connectivity index (χ3n) is 4.35. The zero-order valence-corrected chi connectivity index (χ0v) is 13.6. The van der Waals surface area contributed by atoms with Crippen molar-refractivity contribution in [1.29, 1.82) is 0 Å². The van der Waals surface area contributed by atoms with Gasteiger partial charge in [-0.05, 0) is 37.0 Å². The Kier molecular flexibility index (Phi) is 4.59. The van der Waals surface area contributed by atoms with Crippen molar-refractivity contribution in [2.24, 2.45) is 5.92 Å². The quantitative estimate of drug-likeness (QED) is 0.688. The highest BCUT2D eigenvalue weighted by Gasteiger charge is 2.21. The molecule has 0 bridgehead atoms. The molecule has 1 fully saturated rings. The Balaban J connectivity index is 1.77. The highest BCUT2D eigenvalue weighted by Crippen LogP contribution is 2.25. The maximum Gasteiger partial charge on any atom is 0.270 e. The molecule has 24 heavy (non-hydrogen) atoms. The highest BCUT2D eigenvalue weighted by molar-refractivity contribution is 5.82. The summed E-state index contributed by atoms with van der Waals surface area (Å²) in [6.07, 6.45) is 2.15.